The molecule has 1 aromatic carbocycles. The van der Waals surface area contributed by atoms with Crippen molar-refractivity contribution in [1.29, 1.82) is 0 Å². The lowest BCUT2D eigenvalue weighted by molar-refractivity contribution is 0.358. The molecular weight excluding hydrogens is 201 g/mol. The van der Waals surface area contributed by atoms with Crippen LogP contribution in [0.15, 0.2) is 24.3 Å². The minimum atomic E-state index is -0.165. The fourth-order valence-corrected chi connectivity index (χ4v) is 1.56. The van der Waals surface area contributed by atoms with Crippen LogP contribution in [0.25, 0.3) is 0 Å². The van der Waals surface area contributed by atoms with Gasteiger partial charge in [0.15, 0.2) is 0 Å². The molecule has 16 heavy (non-hydrogen) atoms. The van der Waals surface area contributed by atoms with Gasteiger partial charge in [0.25, 0.3) is 0 Å². The van der Waals surface area contributed by atoms with Crippen molar-refractivity contribution in [2.75, 3.05) is 6.54 Å². The lowest BCUT2D eigenvalue weighted by Gasteiger charge is -2.21. The molecule has 0 aliphatic carbocycles. The molecular formula is C14H22FN. The van der Waals surface area contributed by atoms with Crippen molar-refractivity contribution in [3.05, 3.63) is 35.6 Å². The zero-order valence-corrected chi connectivity index (χ0v) is 10.7. The Morgan fingerprint density at radius 1 is 1.31 bits per heavy atom. The van der Waals surface area contributed by atoms with Crippen LogP contribution in [0.1, 0.15) is 45.7 Å². The Kier molecular flexibility index (Phi) is 4.48. The zero-order chi connectivity index (χ0) is 12.2. The average Bonchev–Trinajstić information content (AvgIpc) is 2.15. The van der Waals surface area contributed by atoms with E-state index >= 15 is 0 Å². The average molecular weight is 223 g/mol. The third-order valence-electron chi connectivity index (χ3n) is 2.67. The summed E-state index contributed by atoms with van der Waals surface area (Å²) in [6.07, 6.45) is 1.12. The van der Waals surface area contributed by atoms with E-state index in [0.29, 0.717) is 5.41 Å². The monoisotopic (exact) mass is 223 g/mol. The first kappa shape index (κ1) is 13.2. The highest BCUT2D eigenvalue weighted by molar-refractivity contribution is 5.19. The van der Waals surface area contributed by atoms with Crippen LogP contribution in [0, 0.1) is 11.2 Å². The number of halogens is 1. The highest BCUT2D eigenvalue weighted by atomic mass is 19.1. The standard InChI is InChI=1S/C14H22FN/c1-11(16-9-8-14(2,3)4)12-6-5-7-13(15)10-12/h5-7,10-11,16H,8-9H2,1-4H3/t11-/m0/s1. The molecule has 0 saturated carbocycles. The largest absolute Gasteiger partial charge is 0.310 e. The van der Waals surface area contributed by atoms with Crippen molar-refractivity contribution in [2.45, 2.75) is 40.2 Å². The normalized spacial score (nSPS) is 13.8. The molecule has 1 N–H and O–H groups in total. The first-order chi connectivity index (χ1) is 7.38. The van der Waals surface area contributed by atoms with Crippen molar-refractivity contribution < 1.29 is 4.39 Å². The van der Waals surface area contributed by atoms with Crippen molar-refractivity contribution in [1.82, 2.24) is 5.32 Å². The number of nitrogens with one attached hydrogen (secondary N) is 1. The van der Waals surface area contributed by atoms with Crippen LogP contribution in [0.5, 0.6) is 0 Å². The van der Waals surface area contributed by atoms with E-state index in [-0.39, 0.29) is 11.9 Å². The third kappa shape index (κ3) is 4.75. The van der Waals surface area contributed by atoms with Gasteiger partial charge in [-0.1, -0.05) is 32.9 Å². The van der Waals surface area contributed by atoms with Crippen molar-refractivity contribution in [3.63, 3.8) is 0 Å². The first-order valence-corrected chi connectivity index (χ1v) is 5.87. The highest BCUT2D eigenvalue weighted by Gasteiger charge is 2.11. The first-order valence-electron chi connectivity index (χ1n) is 5.87. The van der Waals surface area contributed by atoms with E-state index in [9.17, 15) is 4.39 Å². The van der Waals surface area contributed by atoms with Crippen LogP contribution in [-0.4, -0.2) is 6.54 Å². The van der Waals surface area contributed by atoms with Gasteiger partial charge in [0.1, 0.15) is 5.82 Å². The zero-order valence-electron chi connectivity index (χ0n) is 10.7. The molecule has 0 unspecified atom stereocenters. The van der Waals surface area contributed by atoms with Crippen LogP contribution in [0.3, 0.4) is 0 Å². The molecule has 2 heteroatoms. The molecule has 1 aromatic rings. The molecule has 0 fully saturated rings. The molecule has 0 saturated heterocycles. The minimum Gasteiger partial charge on any atom is -0.310 e. The van der Waals surface area contributed by atoms with Gasteiger partial charge >= 0.3 is 0 Å². The molecule has 1 nitrogen and oxygen atoms in total. The summed E-state index contributed by atoms with van der Waals surface area (Å²) in [7, 11) is 0. The lowest BCUT2D eigenvalue weighted by Crippen LogP contribution is -2.23. The summed E-state index contributed by atoms with van der Waals surface area (Å²) >= 11 is 0. The molecule has 0 bridgehead atoms. The van der Waals surface area contributed by atoms with E-state index in [1.54, 1.807) is 12.1 Å². The molecule has 1 atom stereocenters. The van der Waals surface area contributed by atoms with Gasteiger partial charge in [0.2, 0.25) is 0 Å². The fourth-order valence-electron chi connectivity index (χ4n) is 1.56. The molecule has 0 aliphatic heterocycles. The number of hydrogen-bond acceptors (Lipinski definition) is 1. The molecule has 0 amide bonds. The quantitative estimate of drug-likeness (QED) is 0.816. The number of rotatable bonds is 4. The van der Waals surface area contributed by atoms with Gasteiger partial charge in [-0.25, -0.2) is 4.39 Å². The number of hydrogen-bond donors (Lipinski definition) is 1. The topological polar surface area (TPSA) is 12.0 Å². The predicted molar refractivity (Wildman–Crippen MR) is 66.9 cm³/mol. The maximum atomic E-state index is 13.0. The molecule has 0 radical (unpaired) electrons. The summed E-state index contributed by atoms with van der Waals surface area (Å²) in [5, 5.41) is 3.42. The van der Waals surface area contributed by atoms with Crippen LogP contribution >= 0.6 is 0 Å². The third-order valence-corrected chi connectivity index (χ3v) is 2.67. The molecule has 0 heterocycles. The molecule has 0 spiro atoms. The van der Waals surface area contributed by atoms with Crippen LogP contribution in [0.2, 0.25) is 0 Å². The summed E-state index contributed by atoms with van der Waals surface area (Å²) in [4.78, 5) is 0. The van der Waals surface area contributed by atoms with Gasteiger partial charge in [0, 0.05) is 6.04 Å². The predicted octanol–water partition coefficient (Wildman–Crippen LogP) is 3.91. The Morgan fingerprint density at radius 2 is 2.00 bits per heavy atom. The van der Waals surface area contributed by atoms with Gasteiger partial charge < -0.3 is 5.32 Å². The Balaban J connectivity index is 2.44. The molecule has 0 aromatic heterocycles. The number of benzene rings is 1. The van der Waals surface area contributed by atoms with E-state index < -0.39 is 0 Å². The fraction of sp³-hybridized carbons (Fsp3) is 0.571. The Labute approximate surface area is 98.1 Å². The second kappa shape index (κ2) is 5.44. The van der Waals surface area contributed by atoms with Crippen molar-refractivity contribution in [2.24, 2.45) is 5.41 Å². The summed E-state index contributed by atoms with van der Waals surface area (Å²) in [5.41, 5.74) is 1.35. The summed E-state index contributed by atoms with van der Waals surface area (Å²) in [5.74, 6) is -0.165. The smallest absolute Gasteiger partial charge is 0.123 e. The Bertz CT molecular complexity index is 328. The summed E-state index contributed by atoms with van der Waals surface area (Å²) in [6, 6.07) is 6.99. The molecule has 90 valence electrons. The summed E-state index contributed by atoms with van der Waals surface area (Å²) in [6.45, 7) is 9.70. The van der Waals surface area contributed by atoms with Gasteiger partial charge in [-0.3, -0.25) is 0 Å². The van der Waals surface area contributed by atoms with E-state index in [4.69, 9.17) is 0 Å². The second-order valence-electron chi connectivity index (χ2n) is 5.54. The summed E-state index contributed by atoms with van der Waals surface area (Å²) < 4.78 is 13.0. The maximum absolute atomic E-state index is 13.0. The van der Waals surface area contributed by atoms with Gasteiger partial charge in [-0.05, 0) is 43.0 Å². The van der Waals surface area contributed by atoms with Crippen LogP contribution < -0.4 is 5.32 Å². The van der Waals surface area contributed by atoms with Gasteiger partial charge in [-0.2, -0.15) is 0 Å². The maximum Gasteiger partial charge on any atom is 0.123 e. The van der Waals surface area contributed by atoms with E-state index in [1.165, 1.54) is 6.07 Å². The van der Waals surface area contributed by atoms with E-state index in [1.807, 2.05) is 6.07 Å². The SMILES string of the molecule is C[C@H](NCCC(C)(C)C)c1cccc(F)c1. The van der Waals surface area contributed by atoms with E-state index in [2.05, 4.69) is 33.0 Å². The second-order valence-corrected chi connectivity index (χ2v) is 5.54. The lowest BCUT2D eigenvalue weighted by atomic mass is 9.92. The van der Waals surface area contributed by atoms with Crippen LogP contribution in [-0.2, 0) is 0 Å². The Hall–Kier alpha value is -0.890. The van der Waals surface area contributed by atoms with Crippen LogP contribution in [0.4, 0.5) is 4.39 Å². The van der Waals surface area contributed by atoms with Crippen molar-refractivity contribution in [3.8, 4) is 0 Å². The highest BCUT2D eigenvalue weighted by Crippen LogP contribution is 2.19. The van der Waals surface area contributed by atoms with Crippen molar-refractivity contribution >= 4 is 0 Å². The van der Waals surface area contributed by atoms with Gasteiger partial charge in [-0.15, -0.1) is 0 Å². The van der Waals surface area contributed by atoms with E-state index in [0.717, 1.165) is 18.5 Å². The van der Waals surface area contributed by atoms with Gasteiger partial charge in [0.05, 0.1) is 0 Å². The Morgan fingerprint density at radius 3 is 2.56 bits per heavy atom. The molecule has 1 rings (SSSR count). The molecule has 0 aliphatic rings. The minimum absolute atomic E-state index is 0.165.